The van der Waals surface area contributed by atoms with Crippen LogP contribution < -0.4 is 27.0 Å². The highest BCUT2D eigenvalue weighted by Gasteiger charge is 2.37. The van der Waals surface area contributed by atoms with Crippen LogP contribution in [-0.4, -0.2) is 101 Å². The quantitative estimate of drug-likeness (QED) is 0.0292. The summed E-state index contributed by atoms with van der Waals surface area (Å²) in [5.41, 5.74) is 3.64. The number of hydrogen-bond donors (Lipinski definition) is 8. The van der Waals surface area contributed by atoms with Crippen molar-refractivity contribution in [3.63, 3.8) is 0 Å². The van der Waals surface area contributed by atoms with E-state index >= 15 is 13.2 Å². The summed E-state index contributed by atoms with van der Waals surface area (Å²) < 4.78 is 123. The number of aromatic nitrogens is 10. The van der Waals surface area contributed by atoms with Gasteiger partial charge in [-0.3, -0.25) is 24.0 Å². The summed E-state index contributed by atoms with van der Waals surface area (Å²) in [7, 11) is -4.02. The molecule has 23 rings (SSSR count). The summed E-state index contributed by atoms with van der Waals surface area (Å²) in [6.07, 6.45) is 11.1. The van der Waals surface area contributed by atoms with Gasteiger partial charge in [-0.15, -0.1) is 0 Å². The van der Waals surface area contributed by atoms with Crippen molar-refractivity contribution in [2.24, 2.45) is 0 Å². The Kier molecular flexibility index (Phi) is 24.5. The van der Waals surface area contributed by atoms with E-state index in [9.17, 15) is 66.5 Å². The van der Waals surface area contributed by atoms with Crippen LogP contribution in [0.2, 0.25) is 20.4 Å². The zero-order chi connectivity index (χ0) is 100. The number of nitrogens with zero attached hydrogens (tertiary/aromatic N) is 6. The minimum absolute atomic E-state index is 0.00253. The van der Waals surface area contributed by atoms with E-state index < -0.39 is 84.6 Å². The molecule has 15 aromatic heterocycles. The number of aryl methyl sites for hydroxylation is 1. The molecule has 0 aliphatic rings. The van der Waals surface area contributed by atoms with Gasteiger partial charge in [0.05, 0.1) is 158 Å². The number of carbonyl (C=O) groups excluding carboxylic acids is 1. The number of amides is 1. The third-order valence-electron chi connectivity index (χ3n) is 24.6. The molecule has 0 unspecified atom stereocenters. The topological polar surface area (TPSA) is 418 Å². The van der Waals surface area contributed by atoms with E-state index in [1.54, 1.807) is 110 Å². The maximum atomic E-state index is 15.2. The second-order valence-corrected chi connectivity index (χ2v) is 37.9. The number of H-pyrrole nitrogens is 4. The van der Waals surface area contributed by atoms with Gasteiger partial charge >= 0.3 is 17.9 Å². The van der Waals surface area contributed by atoms with Gasteiger partial charge in [-0.1, -0.05) is 113 Å². The van der Waals surface area contributed by atoms with Crippen molar-refractivity contribution in [1.29, 1.82) is 0 Å². The molecule has 0 saturated carbocycles. The maximum absolute atomic E-state index is 15.2. The fourth-order valence-corrected chi connectivity index (χ4v) is 20.3. The van der Waals surface area contributed by atoms with Crippen molar-refractivity contribution < 1.29 is 82.6 Å². The van der Waals surface area contributed by atoms with Crippen molar-refractivity contribution in [2.75, 3.05) is 0 Å². The summed E-state index contributed by atoms with van der Waals surface area (Å²) in [4.78, 5) is 122. The number of halogens is 9. The highest BCUT2D eigenvalue weighted by Crippen LogP contribution is 2.48. The molecular formula is C104H66BrCl4F4N11O18S. The Morgan fingerprint density at radius 1 is 0.441 bits per heavy atom. The Bertz CT molecular complexity index is 9710. The number of para-hydroxylation sites is 3. The van der Waals surface area contributed by atoms with Crippen molar-refractivity contribution in [3.8, 4) is 44.5 Å². The Labute approximate surface area is 827 Å². The summed E-state index contributed by atoms with van der Waals surface area (Å²) in [5.74, 6) is -6.69. The fraction of sp³-hybridized carbons (Fsp3) is 0.0769. The summed E-state index contributed by atoms with van der Waals surface area (Å²) in [6, 6.07) is 52.9. The van der Waals surface area contributed by atoms with Gasteiger partial charge in [0.2, 0.25) is 10.0 Å². The van der Waals surface area contributed by atoms with Crippen LogP contribution in [0, 0.1) is 30.2 Å². The summed E-state index contributed by atoms with van der Waals surface area (Å²) in [6.45, 7) is 4.23. The molecule has 0 radical (unpaired) electrons. The standard InChI is InChI=1S/C27H24FN3O5S.2C26H14Cl2FN3O4.C25H14BrFN2O5/c1-15(2)37(34,35)30-27(33)24-21(19-8-5-12-29-26(19)32)22-20(10-9-17-11-13-36-25(17)22)31(24)14-18-7-4-6-16(3)23(18)28;27-21-13-4-1-2-6-17(13)31-24(28)15(21)11-32-18-10-16(29)12-7-9-36-23(12)20(18)19(22(32)26(34)35)14-5-3-8-30-25(14)33;27-15-11-36-23-20(15)16(29)9-18-21(23)19(14-5-3-7-30-25(14)33)22(26(34)35)32(18)10-13-8-12-4-1-2-6-17(12)31-24(13)28;26-16-5-1-3-12-9-13(34-22(12)16)11-29-18-10-17(27)14-6-8-33-23(14)20(18)19(21(29)25(31)32)15-4-2-7-28-24(15)30/h4-13,15H,14H2,1-3H3,(H,29,32)(H,30,33);1-10H,11H2,(H,30,33)(H,34,35);1-9,11H,10H2,(H,30,33)(H,34,35);1-10H,11H2,(H,28,30)(H,31,32). The second-order valence-electron chi connectivity index (χ2n) is 33.3. The first-order valence-electron chi connectivity index (χ1n) is 43.3. The van der Waals surface area contributed by atoms with Crippen LogP contribution in [0.3, 0.4) is 0 Å². The van der Waals surface area contributed by atoms with Crippen LogP contribution in [0.15, 0.2) is 290 Å². The monoisotopic (exact) mass is 2080 g/mol. The van der Waals surface area contributed by atoms with Crippen LogP contribution in [0.25, 0.3) is 165 Å². The van der Waals surface area contributed by atoms with Gasteiger partial charge in [0.25, 0.3) is 28.1 Å². The van der Waals surface area contributed by atoms with Gasteiger partial charge in [-0.25, -0.2) is 55.1 Å². The number of nitrogens with one attached hydrogen (secondary N) is 5. The molecule has 8 aromatic carbocycles. The molecular weight excluding hydrogens is 2020 g/mol. The molecule has 29 nitrogen and oxygen atoms in total. The zero-order valence-corrected chi connectivity index (χ0v) is 79.4. The van der Waals surface area contributed by atoms with E-state index in [2.05, 4.69) is 50.6 Å². The highest BCUT2D eigenvalue weighted by atomic mass is 79.9. The predicted octanol–water partition coefficient (Wildman–Crippen LogP) is 23.8. The Morgan fingerprint density at radius 2 is 0.909 bits per heavy atom. The number of carbonyl (C=O) groups is 4. The molecule has 1 amide bonds. The van der Waals surface area contributed by atoms with Gasteiger partial charge in [0, 0.05) is 85.3 Å². The molecule has 0 aliphatic carbocycles. The first-order chi connectivity index (χ1) is 68.7. The predicted molar refractivity (Wildman–Crippen MR) is 538 cm³/mol. The number of carboxylic acids is 3. The first-order valence-corrected chi connectivity index (χ1v) is 47.1. The van der Waals surface area contributed by atoms with Gasteiger partial charge < -0.3 is 75.6 Å². The van der Waals surface area contributed by atoms with Gasteiger partial charge in [0.1, 0.15) is 96.3 Å². The van der Waals surface area contributed by atoms with Gasteiger partial charge in [-0.2, -0.15) is 0 Å². The molecule has 0 atom stereocenters. The smallest absolute Gasteiger partial charge is 0.353 e. The Balaban J connectivity index is 0.000000117. The number of pyridine rings is 6. The number of aromatic carboxylic acids is 3. The average Bonchev–Trinajstić information content (AvgIpc) is 1.58. The lowest BCUT2D eigenvalue weighted by molar-refractivity contribution is 0.0676. The van der Waals surface area contributed by atoms with Crippen molar-refractivity contribution >= 4 is 216 Å². The largest absolute Gasteiger partial charge is 0.477 e. The van der Waals surface area contributed by atoms with E-state index in [-0.39, 0.29) is 169 Å². The lowest BCUT2D eigenvalue weighted by atomic mass is 10.0. The molecule has 0 fully saturated rings. The molecule has 23 aromatic rings. The third-order valence-corrected chi connectivity index (χ3v) is 28.3. The SMILES string of the molecule is Cc1cccc(Cn2c(C(=O)NS(=O)(=O)C(C)C)c(-c3ccc[nH]c3=O)c3c4occc4ccc32)c1F.O=C(O)c1c(-c2ccc[nH]c2=O)c2c3occ(Cl)c3c(F)cc2n1Cc1cc2ccccc2nc1Cl.O=C(O)c1c(-c2ccc[nH]c2=O)c2c3occc3c(F)cc2n1Cc1c(Cl)nc2ccccc2c1Cl.O=C(O)c1c(-c2ccc[nH]c2=O)c2c3occc3c(F)cc2n1Cc1cc2cccc(Br)c2o1. The summed E-state index contributed by atoms with van der Waals surface area (Å²) >= 11 is 29.3. The number of aromatic amines is 4. The van der Waals surface area contributed by atoms with Crippen LogP contribution in [0.5, 0.6) is 0 Å². The molecule has 39 heteroatoms. The molecule has 143 heavy (non-hydrogen) atoms. The molecule has 714 valence electrons. The molecule has 0 spiro atoms. The van der Waals surface area contributed by atoms with E-state index in [1.807, 2.05) is 42.5 Å². The third kappa shape index (κ3) is 16.5. The number of carboxylic acid groups (broad SMARTS) is 3. The fourth-order valence-electron chi connectivity index (χ4n) is 18.2. The number of rotatable bonds is 18. The summed E-state index contributed by atoms with van der Waals surface area (Å²) in [5, 5.41) is 35.3. The van der Waals surface area contributed by atoms with Crippen molar-refractivity contribution in [3.05, 3.63) is 384 Å². The van der Waals surface area contributed by atoms with E-state index in [1.165, 1.54) is 130 Å². The number of sulfonamides is 1. The maximum Gasteiger partial charge on any atom is 0.353 e. The Hall–Kier alpha value is -16.6. The first kappa shape index (κ1) is 94.0. The van der Waals surface area contributed by atoms with E-state index in [0.717, 1.165) is 20.6 Å². The number of hydrogen-bond acceptors (Lipinski definition) is 17. The molecule has 0 aliphatic heterocycles. The average molecular weight is 2090 g/mol. The van der Waals surface area contributed by atoms with Crippen LogP contribution >= 0.6 is 62.3 Å². The lowest BCUT2D eigenvalue weighted by Gasteiger charge is -2.15. The van der Waals surface area contributed by atoms with Gasteiger partial charge in [-0.05, 0) is 170 Å². The van der Waals surface area contributed by atoms with Crippen LogP contribution in [0.4, 0.5) is 17.6 Å². The molecule has 15 heterocycles. The van der Waals surface area contributed by atoms with Gasteiger partial charge in [0.15, 0.2) is 0 Å². The highest BCUT2D eigenvalue weighted by molar-refractivity contribution is 9.10. The van der Waals surface area contributed by atoms with E-state index in [4.69, 9.17) is 68.5 Å². The van der Waals surface area contributed by atoms with E-state index in [0.29, 0.717) is 76.9 Å². The van der Waals surface area contributed by atoms with Crippen molar-refractivity contribution in [2.45, 2.75) is 52.2 Å². The second kappa shape index (κ2) is 37.2. The molecule has 0 bridgehead atoms. The molecule has 8 N–H and O–H groups in total. The van der Waals surface area contributed by atoms with Crippen molar-refractivity contribution in [1.82, 2.24) is 52.9 Å². The normalized spacial score (nSPS) is 11.8. The minimum atomic E-state index is -4.02. The van der Waals surface area contributed by atoms with Crippen LogP contribution in [-0.2, 0) is 36.2 Å². The minimum Gasteiger partial charge on any atom is -0.477 e. The Morgan fingerprint density at radius 3 is 1.46 bits per heavy atom. The lowest BCUT2D eigenvalue weighted by Crippen LogP contribution is -2.37. The number of benzene rings is 8. The van der Waals surface area contributed by atoms with Crippen LogP contribution in [0.1, 0.15) is 83.8 Å². The zero-order valence-electron chi connectivity index (χ0n) is 74.0. The molecule has 0 saturated heterocycles. The number of furan rings is 5. The number of fused-ring (bicyclic) bond motifs is 15.